The molecule has 0 unspecified atom stereocenters. The molecule has 0 aliphatic carbocycles. The Bertz CT molecular complexity index is 1980. The topological polar surface area (TPSA) is 51.8 Å². The third kappa shape index (κ3) is 34.6. The van der Waals surface area contributed by atoms with Gasteiger partial charge in [0.1, 0.15) is 0 Å². The summed E-state index contributed by atoms with van der Waals surface area (Å²) < 4.78 is 0. The van der Waals surface area contributed by atoms with E-state index in [9.17, 15) is 0 Å². The van der Waals surface area contributed by atoms with Gasteiger partial charge in [-0.05, 0) is 318 Å². The Morgan fingerprint density at radius 3 is 0.373 bits per heavy atom. The minimum Gasteiger partial charge on any atom is -0.298 e. The summed E-state index contributed by atoms with van der Waals surface area (Å²) in [7, 11) is 0. The molecule has 0 N–H and O–H groups in total. The van der Waals surface area contributed by atoms with Crippen LogP contribution in [0.4, 0.5) is 0 Å². The van der Waals surface area contributed by atoms with E-state index in [1.54, 1.807) is 0 Å². The predicted molar refractivity (Wildman–Crippen MR) is 492 cm³/mol. The Hall–Kier alpha value is -0.640. The second kappa shape index (κ2) is 51.7. The SMILES string of the molecule is CC(C)N1CCN(C(C)C)[C@@H](C)C1.CC(C)N1CCN(C(C)C)[C@@H](C)[C@@H]1C.CC(C)N1CCN(C(C)C)[C@@H](C)[C@H]1C.CC(C)N1CCN(C(C)C)[C@H](C)C1.CC(C)N1C[C@@H](C)N(C(C)C)[C@@H](C)C1.CC(C)N1C[C@@H](C)N(C(C)C)[C@@H](C)C1.CC(C)N1C[C@@H](C)N(C(C)C)[C@H](C)C1.CC(C)N1C[C@H](C)N(C(C)C)[C@@H](C)C1. The maximum Gasteiger partial charge on any atom is 0.0223 e. The number of piperazine rings is 8. The Balaban J connectivity index is 0.000000629. The molecule has 0 bridgehead atoms. The second-order valence-corrected chi connectivity index (χ2v) is 41.0. The van der Waals surface area contributed by atoms with Crippen molar-refractivity contribution in [3.8, 4) is 0 Å². The highest BCUT2D eigenvalue weighted by Gasteiger charge is 2.39. The fraction of sp³-hybridized carbons (Fsp3) is 1.00. The number of nitrogens with zero attached hydrogens (tertiary/aromatic N) is 16. The highest BCUT2D eigenvalue weighted by Crippen LogP contribution is 2.27. The van der Waals surface area contributed by atoms with Crippen molar-refractivity contribution in [1.82, 2.24) is 78.4 Å². The average Bonchev–Trinajstić information content (AvgIpc) is 0.827. The predicted octanol–water partition coefficient (Wildman–Crippen LogP) is 16.8. The zero-order valence-electron chi connectivity index (χ0n) is 83.2. The molecule has 8 rings (SSSR count). The first-order valence-electron chi connectivity index (χ1n) is 46.7. The third-order valence-corrected chi connectivity index (χ3v) is 27.0. The first-order chi connectivity index (χ1) is 50.7. The molecule has 8 saturated heterocycles. The lowest BCUT2D eigenvalue weighted by atomic mass is 10.0. The largest absolute Gasteiger partial charge is 0.298 e. The molecule has 8 aliphatic rings. The normalized spacial score (nSPS) is 30.7. The van der Waals surface area contributed by atoms with Crippen molar-refractivity contribution < 1.29 is 0 Å². The van der Waals surface area contributed by atoms with Crippen molar-refractivity contribution in [1.29, 1.82) is 0 Å². The fourth-order valence-corrected chi connectivity index (χ4v) is 21.0. The standard InChI is InChI=1S/6C12H26N2.2C11H24N2/c4*1-9(2)13-7-11(5)14(10(3)4)12(6)8-13;2*1-9(2)13-7-8-14(10(3)4)12(6)11(13)5;2*1-9(2)12-6-7-13(10(3)4)11(5)8-12/h6*9-12H,7-8H2,1-6H3;2*9-11H,6-8H2,1-5H3/t2*11-,12+;2*11-,12-;11-,12+;11-,12-;2*11-/m..10.010/s1. The molecule has 8 heterocycles. The van der Waals surface area contributed by atoms with Gasteiger partial charge in [0, 0.05) is 299 Å². The molecule has 0 saturated carbocycles. The van der Waals surface area contributed by atoms with Gasteiger partial charge >= 0.3 is 0 Å². The van der Waals surface area contributed by atoms with Crippen LogP contribution >= 0.6 is 0 Å². The molecular formula is C94H204N16. The van der Waals surface area contributed by atoms with Crippen LogP contribution < -0.4 is 0 Å². The van der Waals surface area contributed by atoms with Crippen molar-refractivity contribution in [2.24, 2.45) is 0 Å². The van der Waals surface area contributed by atoms with Gasteiger partial charge in [-0.3, -0.25) is 78.4 Å². The van der Waals surface area contributed by atoms with E-state index in [2.05, 4.69) is 397 Å². The lowest BCUT2D eigenvalue weighted by Gasteiger charge is -2.48. The molecule has 0 spiro atoms. The zero-order chi connectivity index (χ0) is 85.3. The Morgan fingerprint density at radius 1 is 0.136 bits per heavy atom. The Morgan fingerprint density at radius 2 is 0.264 bits per heavy atom. The van der Waals surface area contributed by atoms with Crippen molar-refractivity contribution in [3.05, 3.63) is 0 Å². The quantitative estimate of drug-likeness (QED) is 0.147. The van der Waals surface area contributed by atoms with Gasteiger partial charge in [0.2, 0.25) is 0 Å². The molecule has 0 amide bonds. The summed E-state index contributed by atoms with van der Waals surface area (Å²) in [4.78, 5) is 41.7. The summed E-state index contributed by atoms with van der Waals surface area (Å²) in [6.45, 7) is 129. The maximum atomic E-state index is 2.64. The van der Waals surface area contributed by atoms with E-state index < -0.39 is 0 Å². The Kier molecular flexibility index (Phi) is 50.5. The monoisotopic (exact) mass is 1560 g/mol. The molecule has 16 nitrogen and oxygen atoms in total. The average molecular weight is 1560 g/mol. The molecule has 660 valence electrons. The smallest absolute Gasteiger partial charge is 0.0223 e. The summed E-state index contributed by atoms with van der Waals surface area (Å²) in [5.41, 5.74) is 0. The van der Waals surface area contributed by atoms with Gasteiger partial charge in [0.15, 0.2) is 0 Å². The van der Waals surface area contributed by atoms with Gasteiger partial charge < -0.3 is 0 Å². The summed E-state index contributed by atoms with van der Waals surface area (Å²) in [5, 5.41) is 0. The maximum absolute atomic E-state index is 2.64. The van der Waals surface area contributed by atoms with Gasteiger partial charge in [0.05, 0.1) is 0 Å². The molecule has 110 heavy (non-hydrogen) atoms. The molecule has 8 fully saturated rings. The fourth-order valence-electron chi connectivity index (χ4n) is 21.0. The van der Waals surface area contributed by atoms with Gasteiger partial charge in [-0.15, -0.1) is 0 Å². The lowest BCUT2D eigenvalue weighted by molar-refractivity contribution is 0.00129. The molecule has 0 aromatic carbocycles. The van der Waals surface area contributed by atoms with E-state index in [1.165, 1.54) is 118 Å². The Labute approximate surface area is 692 Å². The molecular weight excluding hydrogens is 1350 g/mol. The van der Waals surface area contributed by atoms with Crippen molar-refractivity contribution >= 4 is 0 Å². The molecule has 16 heteroatoms. The summed E-state index contributed by atoms with van der Waals surface area (Å²) in [6.07, 6.45) is 0. The molecule has 8 aliphatic heterocycles. The van der Waals surface area contributed by atoms with Crippen LogP contribution in [0.5, 0.6) is 0 Å². The van der Waals surface area contributed by atoms with Crippen LogP contribution in [0.1, 0.15) is 318 Å². The van der Waals surface area contributed by atoms with Crippen molar-refractivity contribution in [2.75, 3.05) is 118 Å². The van der Waals surface area contributed by atoms with Gasteiger partial charge in [-0.25, -0.2) is 0 Å². The van der Waals surface area contributed by atoms with E-state index in [4.69, 9.17) is 0 Å². The van der Waals surface area contributed by atoms with Crippen molar-refractivity contribution in [3.63, 3.8) is 0 Å². The zero-order valence-corrected chi connectivity index (χ0v) is 83.2. The summed E-state index contributed by atoms with van der Waals surface area (Å²) in [6, 6.07) is 20.7. The van der Waals surface area contributed by atoms with Crippen LogP contribution in [0.3, 0.4) is 0 Å². The minimum atomic E-state index is 0.675. The van der Waals surface area contributed by atoms with Crippen LogP contribution in [0.25, 0.3) is 0 Å². The minimum absolute atomic E-state index is 0.675. The van der Waals surface area contributed by atoms with E-state index in [0.717, 1.165) is 12.1 Å². The highest BCUT2D eigenvalue weighted by molar-refractivity contribution is 4.95. The summed E-state index contributed by atoms with van der Waals surface area (Å²) in [5.74, 6) is 0. The summed E-state index contributed by atoms with van der Waals surface area (Å²) >= 11 is 0. The van der Waals surface area contributed by atoms with E-state index in [-0.39, 0.29) is 0 Å². The highest BCUT2D eigenvalue weighted by atomic mass is 15.4. The van der Waals surface area contributed by atoms with Crippen LogP contribution in [0.2, 0.25) is 0 Å². The van der Waals surface area contributed by atoms with Gasteiger partial charge in [-0.2, -0.15) is 0 Å². The van der Waals surface area contributed by atoms with Crippen LogP contribution in [0.15, 0.2) is 0 Å². The number of hydrogen-bond acceptors (Lipinski definition) is 16. The van der Waals surface area contributed by atoms with Crippen LogP contribution in [0, 0.1) is 0 Å². The van der Waals surface area contributed by atoms with Crippen molar-refractivity contribution in [2.45, 2.75) is 500 Å². The van der Waals surface area contributed by atoms with Gasteiger partial charge in [0.25, 0.3) is 0 Å². The first-order valence-corrected chi connectivity index (χ1v) is 46.7. The van der Waals surface area contributed by atoms with Crippen LogP contribution in [-0.2, 0) is 0 Å². The molecule has 0 aromatic rings. The van der Waals surface area contributed by atoms with Gasteiger partial charge in [-0.1, -0.05) is 0 Å². The third-order valence-electron chi connectivity index (χ3n) is 27.0. The molecule has 0 aromatic heterocycles. The van der Waals surface area contributed by atoms with E-state index >= 15 is 0 Å². The van der Waals surface area contributed by atoms with Crippen LogP contribution in [-0.4, -0.2) is 377 Å². The molecule has 14 atom stereocenters. The molecule has 0 radical (unpaired) electrons. The van der Waals surface area contributed by atoms with E-state index in [0.29, 0.717) is 169 Å². The number of rotatable bonds is 16. The first kappa shape index (κ1) is 107. The lowest BCUT2D eigenvalue weighted by Crippen LogP contribution is -2.60. The second-order valence-electron chi connectivity index (χ2n) is 41.0. The number of hydrogen-bond donors (Lipinski definition) is 0. The van der Waals surface area contributed by atoms with E-state index in [1.807, 2.05) is 0 Å².